The van der Waals surface area contributed by atoms with Crippen LogP contribution in [-0.4, -0.2) is 41.4 Å². The van der Waals surface area contributed by atoms with Crippen molar-refractivity contribution in [3.8, 4) is 17.2 Å². The van der Waals surface area contributed by atoms with E-state index in [4.69, 9.17) is 14.2 Å². The summed E-state index contributed by atoms with van der Waals surface area (Å²) in [5.74, 6) is 1.45. The zero-order chi connectivity index (χ0) is 14.7. The highest BCUT2D eigenvalue weighted by molar-refractivity contribution is 5.54. The lowest BCUT2D eigenvalue weighted by molar-refractivity contribution is 0.208. The number of methoxy groups -OCH3 is 3. The van der Waals surface area contributed by atoms with E-state index in [9.17, 15) is 5.11 Å². The second-order valence-corrected chi connectivity index (χ2v) is 4.14. The molecule has 2 aromatic rings. The van der Waals surface area contributed by atoms with E-state index >= 15 is 0 Å². The van der Waals surface area contributed by atoms with Crippen LogP contribution in [-0.2, 0) is 7.05 Å². The fourth-order valence-corrected chi connectivity index (χ4v) is 1.98. The Morgan fingerprint density at radius 1 is 1.10 bits per heavy atom. The Balaban J connectivity index is 2.49. The van der Waals surface area contributed by atoms with Crippen molar-refractivity contribution in [2.24, 2.45) is 7.05 Å². The van der Waals surface area contributed by atoms with Crippen LogP contribution in [0.4, 0.5) is 0 Å². The van der Waals surface area contributed by atoms with E-state index < -0.39 is 6.10 Å². The van der Waals surface area contributed by atoms with Gasteiger partial charge >= 0.3 is 0 Å². The first-order valence-corrected chi connectivity index (χ1v) is 5.95. The zero-order valence-corrected chi connectivity index (χ0v) is 11.8. The van der Waals surface area contributed by atoms with Crippen molar-refractivity contribution in [3.63, 3.8) is 0 Å². The number of aromatic nitrogens is 3. The first kappa shape index (κ1) is 14.1. The van der Waals surface area contributed by atoms with Crippen molar-refractivity contribution in [2.75, 3.05) is 21.3 Å². The lowest BCUT2D eigenvalue weighted by Crippen LogP contribution is -2.07. The van der Waals surface area contributed by atoms with Crippen molar-refractivity contribution in [1.29, 1.82) is 0 Å². The van der Waals surface area contributed by atoms with Gasteiger partial charge in [0.15, 0.2) is 11.5 Å². The van der Waals surface area contributed by atoms with Crippen molar-refractivity contribution in [3.05, 3.63) is 29.6 Å². The van der Waals surface area contributed by atoms with Crippen LogP contribution in [0.5, 0.6) is 17.2 Å². The van der Waals surface area contributed by atoms with Gasteiger partial charge in [-0.15, -0.1) is 5.10 Å². The number of ether oxygens (including phenoxy) is 3. The standard InChI is InChI=1S/C13H17N3O4/c1-16-9(7-14-15-16)12(17)8-5-10(18-2)13(20-4)11(6-8)19-3/h5-7,12,17H,1-4H3. The molecule has 0 spiro atoms. The van der Waals surface area contributed by atoms with Gasteiger partial charge in [0.2, 0.25) is 5.75 Å². The second-order valence-electron chi connectivity index (χ2n) is 4.14. The molecule has 0 aliphatic rings. The number of nitrogens with zero attached hydrogens (tertiary/aromatic N) is 3. The summed E-state index contributed by atoms with van der Waals surface area (Å²) >= 11 is 0. The molecule has 20 heavy (non-hydrogen) atoms. The van der Waals surface area contributed by atoms with Gasteiger partial charge in [-0.3, -0.25) is 0 Å². The van der Waals surface area contributed by atoms with Gasteiger partial charge in [0, 0.05) is 7.05 Å². The lowest BCUT2D eigenvalue weighted by atomic mass is 10.1. The van der Waals surface area contributed by atoms with Crippen molar-refractivity contribution in [1.82, 2.24) is 15.0 Å². The van der Waals surface area contributed by atoms with E-state index in [1.165, 1.54) is 32.2 Å². The van der Waals surface area contributed by atoms with E-state index in [-0.39, 0.29) is 0 Å². The molecule has 7 heteroatoms. The fraction of sp³-hybridized carbons (Fsp3) is 0.385. The van der Waals surface area contributed by atoms with Crippen molar-refractivity contribution >= 4 is 0 Å². The molecule has 0 aliphatic heterocycles. The monoisotopic (exact) mass is 279 g/mol. The Morgan fingerprint density at radius 3 is 2.10 bits per heavy atom. The molecule has 1 heterocycles. The van der Waals surface area contributed by atoms with Crippen LogP contribution in [0, 0.1) is 0 Å². The minimum Gasteiger partial charge on any atom is -0.493 e. The van der Waals surface area contributed by atoms with E-state index in [0.717, 1.165) is 0 Å². The summed E-state index contributed by atoms with van der Waals surface area (Å²) in [6.07, 6.45) is 0.622. The fourth-order valence-electron chi connectivity index (χ4n) is 1.98. The second kappa shape index (κ2) is 5.79. The van der Waals surface area contributed by atoms with Crippen molar-refractivity contribution < 1.29 is 19.3 Å². The molecule has 0 fully saturated rings. The lowest BCUT2D eigenvalue weighted by Gasteiger charge is -2.17. The molecule has 0 amide bonds. The summed E-state index contributed by atoms with van der Waals surface area (Å²) in [4.78, 5) is 0. The van der Waals surface area contributed by atoms with Gasteiger partial charge in [-0.2, -0.15) is 0 Å². The average molecular weight is 279 g/mol. The van der Waals surface area contributed by atoms with Crippen LogP contribution in [0.2, 0.25) is 0 Å². The largest absolute Gasteiger partial charge is 0.493 e. The highest BCUT2D eigenvalue weighted by atomic mass is 16.5. The molecule has 0 saturated heterocycles. The molecule has 0 saturated carbocycles. The molecule has 0 bridgehead atoms. The summed E-state index contributed by atoms with van der Waals surface area (Å²) in [6.45, 7) is 0. The van der Waals surface area contributed by atoms with Gasteiger partial charge < -0.3 is 19.3 Å². The van der Waals surface area contributed by atoms with E-state index in [2.05, 4.69) is 10.3 Å². The van der Waals surface area contributed by atoms with Gasteiger partial charge in [0.05, 0.1) is 33.2 Å². The number of rotatable bonds is 5. The van der Waals surface area contributed by atoms with Gasteiger partial charge in [-0.25, -0.2) is 4.68 Å². The topological polar surface area (TPSA) is 78.6 Å². The molecule has 108 valence electrons. The molecule has 0 radical (unpaired) electrons. The normalized spacial score (nSPS) is 12.1. The summed E-state index contributed by atoms with van der Waals surface area (Å²) in [5.41, 5.74) is 1.17. The van der Waals surface area contributed by atoms with Gasteiger partial charge in [-0.05, 0) is 17.7 Å². The summed E-state index contributed by atoms with van der Waals surface area (Å²) < 4.78 is 17.3. The van der Waals surface area contributed by atoms with Crippen LogP contribution < -0.4 is 14.2 Å². The van der Waals surface area contributed by atoms with E-state index in [1.807, 2.05) is 0 Å². The van der Waals surface area contributed by atoms with E-state index in [1.54, 1.807) is 19.2 Å². The number of aliphatic hydroxyl groups is 1. The van der Waals surface area contributed by atoms with Crippen LogP contribution in [0.3, 0.4) is 0 Å². The maximum absolute atomic E-state index is 10.4. The molecule has 1 aromatic heterocycles. The number of aliphatic hydroxyl groups excluding tert-OH is 1. The van der Waals surface area contributed by atoms with Crippen LogP contribution in [0.1, 0.15) is 17.4 Å². The van der Waals surface area contributed by atoms with Crippen LogP contribution in [0.15, 0.2) is 18.3 Å². The van der Waals surface area contributed by atoms with Crippen LogP contribution in [0.25, 0.3) is 0 Å². The summed E-state index contributed by atoms with van der Waals surface area (Å²) in [5, 5.41) is 18.0. The summed E-state index contributed by atoms with van der Waals surface area (Å²) in [7, 11) is 6.29. The smallest absolute Gasteiger partial charge is 0.203 e. The van der Waals surface area contributed by atoms with Crippen molar-refractivity contribution in [2.45, 2.75) is 6.10 Å². The molecule has 1 unspecified atom stereocenters. The zero-order valence-electron chi connectivity index (χ0n) is 11.8. The van der Waals surface area contributed by atoms with Gasteiger partial charge in [0.25, 0.3) is 0 Å². The molecule has 1 atom stereocenters. The highest BCUT2D eigenvalue weighted by Gasteiger charge is 2.20. The Morgan fingerprint density at radius 2 is 1.70 bits per heavy atom. The van der Waals surface area contributed by atoms with Gasteiger partial charge in [-0.1, -0.05) is 5.21 Å². The third kappa shape index (κ3) is 2.39. The molecule has 7 nitrogen and oxygen atoms in total. The predicted molar refractivity (Wildman–Crippen MR) is 71.2 cm³/mol. The third-order valence-corrected chi connectivity index (χ3v) is 3.03. The molecule has 2 rings (SSSR count). The summed E-state index contributed by atoms with van der Waals surface area (Å²) in [6, 6.07) is 3.39. The first-order valence-electron chi connectivity index (χ1n) is 5.95. The maximum atomic E-state index is 10.4. The highest BCUT2D eigenvalue weighted by Crippen LogP contribution is 2.40. The molecular formula is C13H17N3O4. The minimum absolute atomic E-state index is 0.481. The number of hydrogen-bond acceptors (Lipinski definition) is 6. The Bertz CT molecular complexity index is 572. The van der Waals surface area contributed by atoms with Crippen LogP contribution >= 0.6 is 0 Å². The minimum atomic E-state index is -0.885. The number of hydrogen-bond donors (Lipinski definition) is 1. The number of aryl methyl sites for hydroxylation is 1. The molecule has 1 aromatic carbocycles. The third-order valence-electron chi connectivity index (χ3n) is 3.03. The first-order chi connectivity index (χ1) is 9.62. The molecule has 1 N–H and O–H groups in total. The Labute approximate surface area is 116 Å². The average Bonchev–Trinajstić information content (AvgIpc) is 2.90. The maximum Gasteiger partial charge on any atom is 0.203 e. The SMILES string of the molecule is COc1cc(C(O)c2cnnn2C)cc(OC)c1OC. The number of benzene rings is 1. The van der Waals surface area contributed by atoms with E-state index in [0.29, 0.717) is 28.5 Å². The van der Waals surface area contributed by atoms with Gasteiger partial charge in [0.1, 0.15) is 6.10 Å². The molecular weight excluding hydrogens is 262 g/mol. The Hall–Kier alpha value is -2.28. The predicted octanol–water partition coefficient (Wildman–Crippen LogP) is 0.923. The molecule has 0 aliphatic carbocycles. The Kier molecular flexibility index (Phi) is 4.09. The quantitative estimate of drug-likeness (QED) is 0.877.